The lowest BCUT2D eigenvalue weighted by Crippen LogP contribution is -2.45. The maximum atomic E-state index is 13.4. The predicted molar refractivity (Wildman–Crippen MR) is 168 cm³/mol. The number of anilines is 1. The Morgan fingerprint density at radius 1 is 1.10 bits per heavy atom. The van der Waals surface area contributed by atoms with Crippen LogP contribution in [0.25, 0.3) is 11.6 Å². The van der Waals surface area contributed by atoms with Crippen molar-refractivity contribution in [1.29, 1.82) is 0 Å². The lowest BCUT2D eigenvalue weighted by molar-refractivity contribution is -0.132. The number of amides is 2. The van der Waals surface area contributed by atoms with E-state index in [-0.39, 0.29) is 45.0 Å². The van der Waals surface area contributed by atoms with Crippen LogP contribution in [0.15, 0.2) is 41.3 Å². The molecule has 2 aliphatic heterocycles. The van der Waals surface area contributed by atoms with Crippen LogP contribution in [-0.4, -0.2) is 68.2 Å². The number of H-pyrrole nitrogens is 1. The molecule has 0 bridgehead atoms. The lowest BCUT2D eigenvalue weighted by atomic mass is 10.0. The minimum Gasteiger partial charge on any atom is -0.359 e. The summed E-state index contributed by atoms with van der Waals surface area (Å²) >= 11 is 12.5. The summed E-state index contributed by atoms with van der Waals surface area (Å²) in [6.07, 6.45) is 3.90. The summed E-state index contributed by atoms with van der Waals surface area (Å²) in [5.41, 5.74) is 5.01. The Morgan fingerprint density at radius 3 is 2.43 bits per heavy atom. The minimum atomic E-state index is -3.83. The van der Waals surface area contributed by atoms with Crippen molar-refractivity contribution in [2.24, 2.45) is 0 Å². The number of halogens is 2. The lowest BCUT2D eigenvalue weighted by Gasteiger charge is -2.35. The van der Waals surface area contributed by atoms with Crippen molar-refractivity contribution in [3.63, 3.8) is 0 Å². The highest BCUT2D eigenvalue weighted by Gasteiger charge is 2.29. The minimum absolute atomic E-state index is 0.0576. The standard InChI is InChI=1S/C31H34Cl2N4O4S/c1-18-22(16-30(38)37(4)20-10-12-36(3)13-11-20)19(2)34-29(18)15-24-23-14-21(8-9-28(23)35-31(24)39)42(40,41)17-25-26(32)6-5-7-27(25)33/h5-9,14-15,20,34H,10-13,16-17H2,1-4H3,(H,35,39). The molecule has 3 heterocycles. The largest absolute Gasteiger partial charge is 0.359 e. The van der Waals surface area contributed by atoms with Crippen molar-refractivity contribution >= 4 is 62.2 Å². The van der Waals surface area contributed by atoms with Gasteiger partial charge in [0.2, 0.25) is 5.91 Å². The van der Waals surface area contributed by atoms with Gasteiger partial charge in [0.25, 0.3) is 5.91 Å². The van der Waals surface area contributed by atoms with Crippen molar-refractivity contribution in [1.82, 2.24) is 14.8 Å². The summed E-state index contributed by atoms with van der Waals surface area (Å²) in [5.74, 6) is -0.644. The van der Waals surface area contributed by atoms with Crippen LogP contribution in [0.2, 0.25) is 10.0 Å². The topological polar surface area (TPSA) is 103 Å². The summed E-state index contributed by atoms with van der Waals surface area (Å²) in [7, 11) is 0.150. The van der Waals surface area contributed by atoms with Crippen LogP contribution < -0.4 is 5.32 Å². The zero-order chi connectivity index (χ0) is 30.3. The van der Waals surface area contributed by atoms with E-state index < -0.39 is 9.84 Å². The molecule has 2 aromatic carbocycles. The number of rotatable bonds is 7. The highest BCUT2D eigenvalue weighted by molar-refractivity contribution is 7.90. The van der Waals surface area contributed by atoms with Crippen LogP contribution in [0.3, 0.4) is 0 Å². The molecular formula is C31H34Cl2N4O4S. The van der Waals surface area contributed by atoms with Crippen molar-refractivity contribution in [2.75, 3.05) is 32.5 Å². The fraction of sp³-hybridized carbons (Fsp3) is 0.355. The molecule has 3 aromatic rings. The van der Waals surface area contributed by atoms with Gasteiger partial charge >= 0.3 is 0 Å². The highest BCUT2D eigenvalue weighted by atomic mass is 35.5. The zero-order valence-corrected chi connectivity index (χ0v) is 26.4. The molecule has 42 heavy (non-hydrogen) atoms. The summed E-state index contributed by atoms with van der Waals surface area (Å²) in [5, 5.41) is 3.36. The van der Waals surface area contributed by atoms with Gasteiger partial charge in [0.1, 0.15) is 0 Å². The molecule has 0 atom stereocenters. The van der Waals surface area contributed by atoms with Crippen molar-refractivity contribution < 1.29 is 18.0 Å². The van der Waals surface area contributed by atoms with Gasteiger partial charge in [-0.05, 0) is 94.4 Å². The second-order valence-corrected chi connectivity index (χ2v) is 14.0. The third kappa shape index (κ3) is 6.01. The highest BCUT2D eigenvalue weighted by Crippen LogP contribution is 2.37. The van der Waals surface area contributed by atoms with Crippen molar-refractivity contribution in [3.05, 3.63) is 80.1 Å². The fourth-order valence-electron chi connectivity index (χ4n) is 5.68. The Bertz CT molecular complexity index is 1690. The first-order valence-corrected chi connectivity index (χ1v) is 16.2. The van der Waals surface area contributed by atoms with E-state index in [1.807, 2.05) is 25.8 Å². The van der Waals surface area contributed by atoms with Crippen LogP contribution in [0.1, 0.15) is 46.5 Å². The number of aromatic amines is 1. The molecule has 0 aliphatic carbocycles. The molecule has 11 heteroatoms. The number of hydrogen-bond acceptors (Lipinski definition) is 5. The van der Waals surface area contributed by atoms with Gasteiger partial charge in [-0.3, -0.25) is 9.59 Å². The molecule has 5 rings (SSSR count). The van der Waals surface area contributed by atoms with Crippen molar-refractivity contribution in [2.45, 2.75) is 49.8 Å². The molecule has 1 aromatic heterocycles. The molecule has 2 aliphatic rings. The molecule has 222 valence electrons. The number of benzene rings is 2. The summed E-state index contributed by atoms with van der Waals surface area (Å²) in [6.45, 7) is 5.79. The number of likely N-dealkylation sites (N-methyl/N-ethyl adjacent to an activating group) is 1. The fourth-order valence-corrected chi connectivity index (χ4v) is 7.80. The number of piperidine rings is 1. The molecule has 2 N–H and O–H groups in total. The van der Waals surface area contributed by atoms with Crippen LogP contribution in [0.4, 0.5) is 5.69 Å². The van der Waals surface area contributed by atoms with Gasteiger partial charge in [0, 0.05) is 51.3 Å². The molecule has 2 amide bonds. The Hall–Kier alpha value is -3.11. The maximum absolute atomic E-state index is 13.4. The van der Waals surface area contributed by atoms with E-state index in [4.69, 9.17) is 23.2 Å². The second kappa shape index (κ2) is 11.9. The molecule has 1 fully saturated rings. The third-order valence-electron chi connectivity index (χ3n) is 8.41. The first-order valence-electron chi connectivity index (χ1n) is 13.8. The Kier molecular flexibility index (Phi) is 8.58. The Balaban J connectivity index is 1.41. The van der Waals surface area contributed by atoms with Gasteiger partial charge < -0.3 is 20.1 Å². The molecule has 0 spiro atoms. The quantitative estimate of drug-likeness (QED) is 0.336. The average Bonchev–Trinajstić information content (AvgIpc) is 3.40. The molecule has 0 radical (unpaired) electrons. The van der Waals surface area contributed by atoms with E-state index in [0.717, 1.165) is 42.8 Å². The van der Waals surface area contributed by atoms with Gasteiger partial charge in [0.15, 0.2) is 9.84 Å². The Labute approximate surface area is 256 Å². The number of aryl methyl sites for hydroxylation is 1. The average molecular weight is 630 g/mol. The summed E-state index contributed by atoms with van der Waals surface area (Å²) in [4.78, 5) is 33.8. The molecular weight excluding hydrogens is 595 g/mol. The van der Waals surface area contributed by atoms with Gasteiger partial charge in [-0.2, -0.15) is 0 Å². The number of nitrogens with one attached hydrogen (secondary N) is 2. The zero-order valence-electron chi connectivity index (χ0n) is 24.1. The van der Waals surface area contributed by atoms with Crippen LogP contribution in [0, 0.1) is 13.8 Å². The molecule has 1 saturated heterocycles. The Morgan fingerprint density at radius 2 is 1.76 bits per heavy atom. The molecule has 0 saturated carbocycles. The van der Waals surface area contributed by atoms with E-state index in [9.17, 15) is 18.0 Å². The predicted octanol–water partition coefficient (Wildman–Crippen LogP) is 5.50. The molecule has 0 unspecified atom stereocenters. The van der Waals surface area contributed by atoms with Crippen LogP contribution >= 0.6 is 23.2 Å². The first kappa shape index (κ1) is 30.4. The van der Waals surface area contributed by atoms with E-state index in [0.29, 0.717) is 28.1 Å². The van der Waals surface area contributed by atoms with Gasteiger partial charge in [0.05, 0.1) is 22.6 Å². The van der Waals surface area contributed by atoms with E-state index in [2.05, 4.69) is 22.2 Å². The number of carbonyl (C=O) groups excluding carboxylic acids is 2. The van der Waals surface area contributed by atoms with E-state index in [1.54, 1.807) is 30.3 Å². The summed E-state index contributed by atoms with van der Waals surface area (Å²) < 4.78 is 26.7. The van der Waals surface area contributed by atoms with Crippen LogP contribution in [0.5, 0.6) is 0 Å². The number of carbonyl (C=O) groups is 2. The number of aromatic nitrogens is 1. The number of sulfone groups is 1. The number of hydrogen-bond donors (Lipinski definition) is 2. The van der Waals surface area contributed by atoms with Crippen LogP contribution in [-0.2, 0) is 31.6 Å². The maximum Gasteiger partial charge on any atom is 0.256 e. The molecule has 8 nitrogen and oxygen atoms in total. The number of fused-ring (bicyclic) bond motifs is 1. The first-order chi connectivity index (χ1) is 19.9. The van der Waals surface area contributed by atoms with E-state index >= 15 is 0 Å². The van der Waals surface area contributed by atoms with Crippen molar-refractivity contribution in [3.8, 4) is 0 Å². The smallest absolute Gasteiger partial charge is 0.256 e. The van der Waals surface area contributed by atoms with E-state index in [1.165, 1.54) is 12.1 Å². The SMILES string of the molecule is Cc1[nH]c(C=C2C(=O)Nc3ccc(S(=O)(=O)Cc4c(Cl)cccc4Cl)cc32)c(C)c1CC(=O)N(C)C1CCN(C)CC1. The monoisotopic (exact) mass is 628 g/mol. The number of likely N-dealkylation sites (tertiary alicyclic amines) is 1. The van der Waals surface area contributed by atoms with Gasteiger partial charge in [-0.15, -0.1) is 0 Å². The third-order valence-corrected chi connectivity index (χ3v) is 10.8. The van der Waals surface area contributed by atoms with Gasteiger partial charge in [-0.25, -0.2) is 8.42 Å². The number of nitrogens with zero attached hydrogens (tertiary/aromatic N) is 2. The summed E-state index contributed by atoms with van der Waals surface area (Å²) in [6, 6.07) is 9.64. The normalized spacial score (nSPS) is 17.0. The second-order valence-electron chi connectivity index (χ2n) is 11.2. The van der Waals surface area contributed by atoms with Gasteiger partial charge in [-0.1, -0.05) is 29.3 Å².